The molecule has 1 aromatic carbocycles. The Kier molecular flexibility index (Phi) is 1.45. The number of hydrogen-bond acceptors (Lipinski definition) is 3. The van der Waals surface area contributed by atoms with Gasteiger partial charge in [-0.25, -0.2) is 0 Å². The minimum absolute atomic E-state index is 0.121. The average Bonchev–Trinajstić information content (AvgIpc) is 3.47. The fraction of sp³-hybridized carbons (Fsp3) is 0.364. The van der Waals surface area contributed by atoms with E-state index in [4.69, 9.17) is 38.5 Å². The number of fused-ring (bicyclic) bond motifs is 1. The molecule has 0 saturated heterocycles. The van der Waals surface area contributed by atoms with Gasteiger partial charge in [-0.2, -0.15) is 0 Å². The molecule has 0 spiro atoms. The van der Waals surface area contributed by atoms with Crippen LogP contribution in [0.1, 0.15) is 80.8 Å². The van der Waals surface area contributed by atoms with E-state index in [0.29, 0.717) is 0 Å². The standard InChI is InChI=1S/C22H28N4O2/c1-5-26(6-2)12-11-23-22(28)20-14(3)19(24-15(20)4)13-17-16-9-7-8-10-18(16)25-21(17)27/h7-10,13,24H,5-6,11-12H2,1-4H3,(H,23,28)(H,25,27)/b17-13-/i1D3,2D3,3D3,4D3,5D2,6D2,7D,8D,9D,10D,11D2,12D2,13D/hD3. The molecule has 1 aliphatic heterocycles. The van der Waals surface area contributed by atoms with Crippen molar-refractivity contribution in [3.63, 3.8) is 0 Å². The number of nitrogens with zero attached hydrogens (tertiary/aromatic N) is 1. The molecule has 1 aliphatic rings. The van der Waals surface area contributed by atoms with Crippen molar-refractivity contribution in [2.24, 2.45) is 0 Å². The smallest absolute Gasteiger partial charge is 0.256 e. The summed E-state index contributed by atoms with van der Waals surface area (Å²) in [5.74, 6) is -4.19. The van der Waals surface area contributed by atoms with Crippen molar-refractivity contribution in [1.82, 2.24) is 15.2 Å². The van der Waals surface area contributed by atoms with Crippen LogP contribution in [0.25, 0.3) is 11.6 Å². The second-order valence-corrected chi connectivity index (χ2v) is 4.90. The zero-order valence-electron chi connectivity index (χ0n) is 41.6. The van der Waals surface area contributed by atoms with Gasteiger partial charge >= 0.3 is 0 Å². The summed E-state index contributed by atoms with van der Waals surface area (Å²) in [6.07, 6.45) is 0. The molecule has 28 heavy (non-hydrogen) atoms. The number of H-pyrrole nitrogens is 1. The van der Waals surface area contributed by atoms with Crippen LogP contribution in [0.3, 0.4) is 0 Å². The van der Waals surface area contributed by atoms with E-state index in [0.717, 1.165) is 0 Å². The lowest BCUT2D eigenvalue weighted by Crippen LogP contribution is -2.35. The van der Waals surface area contributed by atoms with E-state index in [9.17, 15) is 9.59 Å². The van der Waals surface area contributed by atoms with Crippen molar-refractivity contribution in [1.29, 1.82) is 0 Å². The number of aromatic nitrogens is 1. The van der Waals surface area contributed by atoms with Crippen LogP contribution < -0.4 is 10.6 Å². The number of likely N-dealkylation sites (N-methyl/N-ethyl adjacent to an activating group) is 1. The van der Waals surface area contributed by atoms with Crippen LogP contribution in [-0.2, 0) is 4.79 Å². The third-order valence-electron chi connectivity index (χ3n) is 3.29. The number of aromatic amines is 1. The van der Waals surface area contributed by atoms with Gasteiger partial charge in [0.05, 0.1) is 20.7 Å². The molecule has 2 amide bonds. The van der Waals surface area contributed by atoms with Gasteiger partial charge in [-0.3, -0.25) is 9.59 Å². The number of hydrogen-bond donors (Lipinski definition) is 3. The highest BCUT2D eigenvalue weighted by molar-refractivity contribution is 6.34. The van der Waals surface area contributed by atoms with Crippen molar-refractivity contribution < 1.29 is 48.1 Å². The van der Waals surface area contributed by atoms with Gasteiger partial charge in [0.1, 0.15) is 0 Å². The Morgan fingerprint density at radius 2 is 2.25 bits per heavy atom. The first-order valence-electron chi connectivity index (χ1n) is 21.0. The van der Waals surface area contributed by atoms with Gasteiger partial charge in [0, 0.05) is 60.3 Å². The topological polar surface area (TPSA) is 77.2 Å². The molecule has 1 aromatic heterocycles. The SMILES string of the molecule is [2H]/C(=C1/C(=O)N([2H])c2c([2H])c([2H])c([2H])c([2H])c21)c1c(C([2H])([2H])[2H])c(C(=O)N([2H])C([2H])([2H])C([2H])([2H])N(C([2H])([2H])C([2H])([2H])[2H])C([2H])([2H])C([2H])([2H])[2H])c(C([2H])([2H])[2H])n1[2H]. The van der Waals surface area contributed by atoms with Crippen molar-refractivity contribution >= 4 is 29.1 Å². The number of carbonyl (C=O) groups is 2. The lowest BCUT2D eigenvalue weighted by Gasteiger charge is -2.18. The van der Waals surface area contributed by atoms with E-state index in [1.165, 1.54) is 0 Å². The normalized spacial score (nSPS) is 33.6. The molecule has 0 radical (unpaired) electrons. The van der Waals surface area contributed by atoms with Crippen molar-refractivity contribution in [3.05, 3.63) is 52.2 Å². The second-order valence-electron chi connectivity index (χ2n) is 4.90. The highest BCUT2D eigenvalue weighted by Crippen LogP contribution is 2.33. The van der Waals surface area contributed by atoms with Gasteiger partial charge in [-0.1, -0.05) is 31.8 Å². The minimum Gasteiger partial charge on any atom is -0.358 e. The van der Waals surface area contributed by atoms with Gasteiger partial charge in [0.2, 0.25) is 0 Å². The summed E-state index contributed by atoms with van der Waals surface area (Å²) >= 11 is 0. The molecule has 0 fully saturated rings. The zero-order chi connectivity index (χ0) is 44.4. The largest absolute Gasteiger partial charge is 0.358 e. The minimum atomic E-state index is -4.78. The number of nitrogens with one attached hydrogen (secondary N) is 3. The molecule has 6 heteroatoms. The van der Waals surface area contributed by atoms with E-state index >= 15 is 0 Å². The summed E-state index contributed by atoms with van der Waals surface area (Å²) in [6, 6.07) is -5.61. The van der Waals surface area contributed by atoms with E-state index in [1.807, 2.05) is 0 Å². The molecule has 3 N–H and O–H groups in total. The van der Waals surface area contributed by atoms with E-state index in [-0.39, 0.29) is 5.31 Å². The Morgan fingerprint density at radius 1 is 1.43 bits per heavy atom. The zero-order valence-corrected chi connectivity index (χ0v) is 13.6. The Hall–Kier alpha value is -2.86. The number of amides is 2. The van der Waals surface area contributed by atoms with Gasteiger partial charge in [0.25, 0.3) is 11.8 Å². The number of para-hydroxylation sites is 1. The molecular formula is C22H28N4O2. The van der Waals surface area contributed by atoms with Crippen LogP contribution >= 0.6 is 0 Å². The summed E-state index contributed by atoms with van der Waals surface area (Å²) in [7, 11) is 0. The van der Waals surface area contributed by atoms with Gasteiger partial charge in [0.15, 0.2) is 4.24 Å². The summed E-state index contributed by atoms with van der Waals surface area (Å²) in [4.78, 5) is 25.7. The quantitative estimate of drug-likeness (QED) is 0.616. The van der Waals surface area contributed by atoms with Crippen LogP contribution in [0.15, 0.2) is 24.2 Å². The highest BCUT2D eigenvalue weighted by atomic mass is 16.2. The highest BCUT2D eigenvalue weighted by Gasteiger charge is 2.25. The lowest BCUT2D eigenvalue weighted by molar-refractivity contribution is -0.110. The number of anilines is 1. The molecular weight excluding hydrogens is 352 g/mol. The average molecular weight is 409 g/mol. The first kappa shape index (κ1) is 4.82. The number of carbonyl (C=O) groups excluding carboxylic acids is 2. The van der Waals surface area contributed by atoms with Crippen LogP contribution in [0.2, 0.25) is 4.24 Å². The predicted molar refractivity (Wildman–Crippen MR) is 113 cm³/mol. The fourth-order valence-electron chi connectivity index (χ4n) is 2.09. The molecule has 0 saturated carbocycles. The number of benzene rings is 1. The van der Waals surface area contributed by atoms with Crippen molar-refractivity contribution in [2.45, 2.75) is 27.4 Å². The maximum absolute atomic E-state index is 14.1. The molecule has 2 heterocycles. The summed E-state index contributed by atoms with van der Waals surface area (Å²) < 4.78 is 225. The molecule has 0 atom stereocenters. The first-order valence-corrected chi connectivity index (χ1v) is 7.17. The Balaban J connectivity index is 2.54. The van der Waals surface area contributed by atoms with Gasteiger partial charge < -0.3 is 20.5 Å². The molecule has 2 aromatic rings. The van der Waals surface area contributed by atoms with Gasteiger partial charge in [-0.05, 0) is 44.4 Å². The number of rotatable bonds is 7. The summed E-state index contributed by atoms with van der Waals surface area (Å²) in [6.45, 7) is -34.7. The molecule has 0 aliphatic carbocycles. The predicted octanol–water partition coefficient (Wildman–Crippen LogP) is 3.20. The molecule has 3 rings (SSSR count). The third kappa shape index (κ3) is 3.87. The Morgan fingerprint density at radius 3 is 3.00 bits per heavy atom. The van der Waals surface area contributed by atoms with Crippen LogP contribution in [0.4, 0.5) is 5.69 Å². The first-order chi connectivity index (χ1) is 24.6. The van der Waals surface area contributed by atoms with Crippen LogP contribution in [0, 0.1) is 13.7 Å². The second kappa shape index (κ2) is 8.44. The fourth-order valence-corrected chi connectivity index (χ4v) is 2.09. The lowest BCUT2D eigenvalue weighted by atomic mass is 10.0. The van der Waals surface area contributed by atoms with E-state index < -0.39 is 150 Å². The van der Waals surface area contributed by atoms with Crippen LogP contribution in [-0.4, -0.2) is 47.7 Å². The Bertz CT molecular complexity index is 1970. The third-order valence-corrected chi connectivity index (χ3v) is 3.29. The van der Waals surface area contributed by atoms with Crippen molar-refractivity contribution in [2.75, 3.05) is 31.3 Å². The van der Waals surface area contributed by atoms with E-state index in [1.54, 1.807) is 0 Å². The van der Waals surface area contributed by atoms with Crippen molar-refractivity contribution in [3.8, 4) is 0 Å². The Labute approximate surface area is 205 Å². The van der Waals surface area contributed by atoms with Gasteiger partial charge in [-0.15, -0.1) is 0 Å². The van der Waals surface area contributed by atoms with E-state index in [2.05, 4.69) is 0 Å². The van der Waals surface area contributed by atoms with Crippen LogP contribution in [0.5, 0.6) is 0 Å². The molecule has 6 nitrogen and oxygen atoms in total. The monoisotopic (exact) mass is 408 g/mol. The molecule has 0 unspecified atom stereocenters. The summed E-state index contributed by atoms with van der Waals surface area (Å²) in [5.41, 5.74) is -9.91. The maximum Gasteiger partial charge on any atom is 0.256 e. The molecule has 148 valence electrons. The maximum atomic E-state index is 14.1. The summed E-state index contributed by atoms with van der Waals surface area (Å²) in [5, 5.41) is -1.35. The molecule has 0 bridgehead atoms.